The zero-order chi connectivity index (χ0) is 19.4. The van der Waals surface area contributed by atoms with Gasteiger partial charge in [0.05, 0.1) is 22.6 Å². The van der Waals surface area contributed by atoms with E-state index in [1.54, 1.807) is 30.6 Å². The fraction of sp³-hybridized carbons (Fsp3) is 0.200. The van der Waals surface area contributed by atoms with Gasteiger partial charge in [0.2, 0.25) is 5.91 Å². The van der Waals surface area contributed by atoms with E-state index >= 15 is 0 Å². The molecule has 1 atom stereocenters. The van der Waals surface area contributed by atoms with Gasteiger partial charge in [-0.05, 0) is 50.6 Å². The topological polar surface area (TPSA) is 83.6 Å². The van der Waals surface area contributed by atoms with Crippen molar-refractivity contribution in [2.24, 2.45) is 0 Å². The van der Waals surface area contributed by atoms with E-state index in [1.807, 2.05) is 37.5 Å². The number of anilines is 1. The van der Waals surface area contributed by atoms with E-state index in [0.29, 0.717) is 16.4 Å². The molecule has 0 spiro atoms. The van der Waals surface area contributed by atoms with Gasteiger partial charge in [-0.15, -0.1) is 10.2 Å². The molecule has 0 aliphatic carbocycles. The van der Waals surface area contributed by atoms with Crippen LogP contribution in [0.4, 0.5) is 5.69 Å². The molecule has 2 aromatic carbocycles. The maximum atomic E-state index is 12.5. The average molecular weight is 377 g/mol. The van der Waals surface area contributed by atoms with E-state index in [4.69, 9.17) is 5.26 Å². The molecular formula is C20H19N5OS. The largest absolute Gasteiger partial charge is 0.325 e. The van der Waals surface area contributed by atoms with Crippen LogP contribution in [0.3, 0.4) is 0 Å². The minimum atomic E-state index is -0.385. The predicted octanol–water partition coefficient (Wildman–Crippen LogP) is 3.88. The summed E-state index contributed by atoms with van der Waals surface area (Å²) < 4.78 is 1.89. The first-order valence-corrected chi connectivity index (χ1v) is 9.31. The maximum absolute atomic E-state index is 12.5. The molecule has 3 aromatic rings. The van der Waals surface area contributed by atoms with Gasteiger partial charge in [0.25, 0.3) is 0 Å². The van der Waals surface area contributed by atoms with Gasteiger partial charge in [0.1, 0.15) is 6.33 Å². The first-order valence-electron chi connectivity index (χ1n) is 8.43. The number of rotatable bonds is 5. The molecule has 0 saturated heterocycles. The van der Waals surface area contributed by atoms with Gasteiger partial charge in [-0.3, -0.25) is 9.36 Å². The highest BCUT2D eigenvalue weighted by Gasteiger charge is 2.19. The number of aromatic nitrogens is 3. The Labute approximate surface area is 162 Å². The Morgan fingerprint density at radius 2 is 2.07 bits per heavy atom. The third-order valence-electron chi connectivity index (χ3n) is 4.04. The van der Waals surface area contributed by atoms with Crippen molar-refractivity contribution >= 4 is 23.4 Å². The highest BCUT2D eigenvalue weighted by Crippen LogP contribution is 2.26. The summed E-state index contributed by atoms with van der Waals surface area (Å²) >= 11 is 1.33. The number of benzene rings is 2. The summed E-state index contributed by atoms with van der Waals surface area (Å²) in [6, 6.07) is 15.1. The molecule has 0 saturated carbocycles. The van der Waals surface area contributed by atoms with E-state index in [-0.39, 0.29) is 11.2 Å². The first-order chi connectivity index (χ1) is 13.0. The second-order valence-electron chi connectivity index (χ2n) is 6.22. The summed E-state index contributed by atoms with van der Waals surface area (Å²) in [5.74, 6) is -0.162. The number of hydrogen-bond acceptors (Lipinski definition) is 5. The maximum Gasteiger partial charge on any atom is 0.237 e. The molecule has 0 bridgehead atoms. The highest BCUT2D eigenvalue weighted by molar-refractivity contribution is 8.00. The van der Waals surface area contributed by atoms with Crippen LogP contribution < -0.4 is 5.32 Å². The average Bonchev–Trinajstić information content (AvgIpc) is 3.09. The second kappa shape index (κ2) is 8.06. The van der Waals surface area contributed by atoms with Crippen LogP contribution in [0.5, 0.6) is 0 Å². The SMILES string of the molecule is Cc1ccc(-n2cnnc2SC(C)C(=O)Nc2cccc(C#N)c2)c(C)c1. The highest BCUT2D eigenvalue weighted by atomic mass is 32.2. The van der Waals surface area contributed by atoms with Gasteiger partial charge in [-0.2, -0.15) is 5.26 Å². The van der Waals surface area contributed by atoms with Crippen LogP contribution in [0.15, 0.2) is 53.9 Å². The van der Waals surface area contributed by atoms with Crippen LogP contribution in [0.2, 0.25) is 0 Å². The molecule has 1 N–H and O–H groups in total. The van der Waals surface area contributed by atoms with Crippen LogP contribution in [-0.4, -0.2) is 25.9 Å². The molecule has 1 aromatic heterocycles. The molecule has 0 fully saturated rings. The van der Waals surface area contributed by atoms with E-state index in [9.17, 15) is 4.79 Å². The van der Waals surface area contributed by atoms with Crippen molar-refractivity contribution in [3.63, 3.8) is 0 Å². The molecule has 136 valence electrons. The lowest BCUT2D eigenvalue weighted by molar-refractivity contribution is -0.115. The van der Waals surface area contributed by atoms with Gasteiger partial charge >= 0.3 is 0 Å². The van der Waals surface area contributed by atoms with Crippen molar-refractivity contribution in [1.82, 2.24) is 14.8 Å². The number of hydrogen-bond donors (Lipinski definition) is 1. The van der Waals surface area contributed by atoms with Crippen LogP contribution in [0.1, 0.15) is 23.6 Å². The third kappa shape index (κ3) is 4.36. The monoisotopic (exact) mass is 377 g/mol. The lowest BCUT2D eigenvalue weighted by Gasteiger charge is -2.14. The van der Waals surface area contributed by atoms with Crippen molar-refractivity contribution in [1.29, 1.82) is 5.26 Å². The van der Waals surface area contributed by atoms with Crippen molar-refractivity contribution in [3.05, 3.63) is 65.5 Å². The molecule has 0 aliphatic heterocycles. The Balaban J connectivity index is 1.75. The van der Waals surface area contributed by atoms with Crippen LogP contribution in [-0.2, 0) is 4.79 Å². The zero-order valence-electron chi connectivity index (χ0n) is 15.3. The van der Waals surface area contributed by atoms with Crippen LogP contribution >= 0.6 is 11.8 Å². The number of amides is 1. The number of carbonyl (C=O) groups is 1. The number of nitrogens with one attached hydrogen (secondary N) is 1. The number of thioether (sulfide) groups is 1. The fourth-order valence-electron chi connectivity index (χ4n) is 2.67. The van der Waals surface area contributed by atoms with Gasteiger partial charge in [-0.25, -0.2) is 0 Å². The lowest BCUT2D eigenvalue weighted by atomic mass is 10.1. The Bertz CT molecular complexity index is 1020. The Morgan fingerprint density at radius 3 is 2.81 bits per heavy atom. The van der Waals surface area contributed by atoms with Gasteiger partial charge in [-0.1, -0.05) is 35.5 Å². The molecule has 0 aliphatic rings. The van der Waals surface area contributed by atoms with E-state index in [0.717, 1.165) is 11.3 Å². The minimum absolute atomic E-state index is 0.162. The number of aryl methyl sites for hydroxylation is 2. The van der Waals surface area contributed by atoms with Crippen molar-refractivity contribution in [3.8, 4) is 11.8 Å². The summed E-state index contributed by atoms with van der Waals surface area (Å²) in [4.78, 5) is 12.5. The molecule has 7 heteroatoms. The third-order valence-corrected chi connectivity index (χ3v) is 5.10. The van der Waals surface area contributed by atoms with Crippen molar-refractivity contribution in [2.45, 2.75) is 31.2 Å². The van der Waals surface area contributed by atoms with Gasteiger partial charge < -0.3 is 5.32 Å². The number of nitriles is 1. The standard InChI is InChI=1S/C20H19N5OS/c1-13-7-8-18(14(2)9-13)25-12-22-24-20(25)27-15(3)19(26)23-17-6-4-5-16(10-17)11-21/h4-10,12,15H,1-3H3,(H,23,26). The molecule has 27 heavy (non-hydrogen) atoms. The van der Waals surface area contributed by atoms with Crippen LogP contribution in [0.25, 0.3) is 5.69 Å². The smallest absolute Gasteiger partial charge is 0.237 e. The number of nitrogens with zero attached hydrogens (tertiary/aromatic N) is 4. The fourth-order valence-corrected chi connectivity index (χ4v) is 3.50. The Hall–Kier alpha value is -3.11. The lowest BCUT2D eigenvalue weighted by Crippen LogP contribution is -2.22. The van der Waals surface area contributed by atoms with Crippen molar-refractivity contribution in [2.75, 3.05) is 5.32 Å². The second-order valence-corrected chi connectivity index (χ2v) is 7.52. The van der Waals surface area contributed by atoms with Crippen LogP contribution in [0, 0.1) is 25.2 Å². The molecule has 6 nitrogen and oxygen atoms in total. The predicted molar refractivity (Wildman–Crippen MR) is 106 cm³/mol. The van der Waals surface area contributed by atoms with Crippen molar-refractivity contribution < 1.29 is 4.79 Å². The summed E-state index contributed by atoms with van der Waals surface area (Å²) in [6.07, 6.45) is 1.65. The first kappa shape index (κ1) is 18.7. The van der Waals surface area contributed by atoms with Gasteiger partial charge in [0.15, 0.2) is 5.16 Å². The summed E-state index contributed by atoms with van der Waals surface area (Å²) in [5, 5.41) is 20.2. The van der Waals surface area contributed by atoms with E-state index < -0.39 is 0 Å². The molecule has 3 rings (SSSR count). The quantitative estimate of drug-likeness (QED) is 0.682. The summed E-state index contributed by atoms with van der Waals surface area (Å²) in [6.45, 7) is 5.90. The molecule has 1 amide bonds. The molecular weight excluding hydrogens is 358 g/mol. The Kier molecular flexibility index (Phi) is 5.57. The van der Waals surface area contributed by atoms with E-state index in [2.05, 4.69) is 27.6 Å². The molecule has 1 unspecified atom stereocenters. The normalized spacial score (nSPS) is 11.6. The number of carbonyl (C=O) groups excluding carboxylic acids is 1. The summed E-state index contributed by atoms with van der Waals surface area (Å²) in [7, 11) is 0. The molecule has 1 heterocycles. The van der Waals surface area contributed by atoms with Gasteiger partial charge in [0, 0.05) is 5.69 Å². The minimum Gasteiger partial charge on any atom is -0.325 e. The van der Waals surface area contributed by atoms with E-state index in [1.165, 1.54) is 17.3 Å². The zero-order valence-corrected chi connectivity index (χ0v) is 16.1. The summed E-state index contributed by atoms with van der Waals surface area (Å²) in [5.41, 5.74) is 4.39. The Morgan fingerprint density at radius 1 is 1.26 bits per heavy atom. The molecule has 0 radical (unpaired) electrons.